The van der Waals surface area contributed by atoms with E-state index in [9.17, 15) is 8.42 Å². The zero-order chi connectivity index (χ0) is 22.4. The summed E-state index contributed by atoms with van der Waals surface area (Å²) in [6, 6.07) is 21.0. The Morgan fingerprint density at radius 2 is 1.35 bits per heavy atom. The predicted molar refractivity (Wildman–Crippen MR) is 134 cm³/mol. The monoisotopic (exact) mass is 473 g/mol. The first kappa shape index (κ1) is 23.1. The summed E-state index contributed by atoms with van der Waals surface area (Å²) >= 11 is 11.2. The molecule has 0 saturated carbocycles. The van der Waals surface area contributed by atoms with Crippen LogP contribution in [0.15, 0.2) is 77.7 Å². The smallest absolute Gasteiger partial charge is 0.261 e. The van der Waals surface area contributed by atoms with E-state index in [2.05, 4.69) is 41.3 Å². The number of hydrogen-bond acceptors (Lipinski definition) is 3. The van der Waals surface area contributed by atoms with Crippen LogP contribution in [0.4, 0.5) is 17.1 Å². The minimum absolute atomic E-state index is 0.146. The van der Waals surface area contributed by atoms with Gasteiger partial charge in [0.05, 0.1) is 4.90 Å². The summed E-state index contributed by atoms with van der Waals surface area (Å²) in [6.45, 7) is 4.36. The first-order chi connectivity index (χ1) is 14.8. The highest BCUT2D eigenvalue weighted by atomic mass is 35.5. The lowest BCUT2D eigenvalue weighted by atomic mass is 9.99. The van der Waals surface area contributed by atoms with Gasteiger partial charge in [0.2, 0.25) is 0 Å². The van der Waals surface area contributed by atoms with E-state index in [0.717, 1.165) is 12.1 Å². The molecule has 0 saturated heterocycles. The third-order valence-electron chi connectivity index (χ3n) is 4.87. The molecule has 0 amide bonds. The van der Waals surface area contributed by atoms with Crippen molar-refractivity contribution in [3.05, 3.63) is 83.4 Å². The molecule has 3 aromatic rings. The summed E-state index contributed by atoms with van der Waals surface area (Å²) in [5.74, 6) is 0.517. The summed E-state index contributed by atoms with van der Waals surface area (Å²) in [7, 11) is -3.70. The summed E-state index contributed by atoms with van der Waals surface area (Å²) in [5.41, 5.74) is 3.29. The van der Waals surface area contributed by atoms with Gasteiger partial charge in [-0.3, -0.25) is 4.72 Å². The molecule has 3 rings (SSSR count). The van der Waals surface area contributed by atoms with Gasteiger partial charge in [0.1, 0.15) is 0 Å². The van der Waals surface area contributed by atoms with Crippen LogP contribution in [0.3, 0.4) is 0 Å². The molecule has 162 valence electrons. The molecule has 0 radical (unpaired) electrons. The van der Waals surface area contributed by atoms with Crippen LogP contribution < -0.4 is 15.4 Å². The molecule has 5 nitrogen and oxygen atoms in total. The van der Waals surface area contributed by atoms with Gasteiger partial charge in [-0.15, -0.1) is 0 Å². The van der Waals surface area contributed by atoms with E-state index in [1.165, 1.54) is 17.7 Å². The molecule has 0 heterocycles. The van der Waals surface area contributed by atoms with E-state index < -0.39 is 10.0 Å². The molecule has 3 N–H and O–H groups in total. The van der Waals surface area contributed by atoms with Crippen molar-refractivity contribution in [1.82, 2.24) is 0 Å². The van der Waals surface area contributed by atoms with Crippen LogP contribution in [-0.4, -0.2) is 13.5 Å². The number of benzene rings is 3. The lowest BCUT2D eigenvalue weighted by Gasteiger charge is -2.13. The molecule has 0 aromatic heterocycles. The normalized spacial score (nSPS) is 12.1. The average molecular weight is 474 g/mol. The lowest BCUT2D eigenvalue weighted by Crippen LogP contribution is -2.19. The van der Waals surface area contributed by atoms with E-state index in [0.29, 0.717) is 27.4 Å². The van der Waals surface area contributed by atoms with Gasteiger partial charge in [-0.05, 0) is 90.8 Å². The van der Waals surface area contributed by atoms with E-state index in [1.54, 1.807) is 36.4 Å². The van der Waals surface area contributed by atoms with Gasteiger partial charge in [0.15, 0.2) is 5.11 Å². The molecule has 31 heavy (non-hydrogen) atoms. The molecule has 8 heteroatoms. The standard InChI is InChI=1S/C23H24ClN3O2S2/c1-3-16(2)17-4-8-19(9-5-17)25-23(30)26-20-12-14-22(15-13-20)31(28,29)27-21-10-6-18(24)7-11-21/h4-16,27H,3H2,1-2H3,(H2,25,26,30)/t16-/m1/s1. The second-order valence-corrected chi connectivity index (χ2v) is 9.67. The number of anilines is 3. The Morgan fingerprint density at radius 3 is 1.87 bits per heavy atom. The quantitative estimate of drug-likeness (QED) is 0.343. The van der Waals surface area contributed by atoms with Crippen molar-refractivity contribution < 1.29 is 8.42 Å². The Kier molecular flexibility index (Phi) is 7.54. The van der Waals surface area contributed by atoms with Crippen LogP contribution in [0.2, 0.25) is 5.02 Å². The number of nitrogens with one attached hydrogen (secondary N) is 3. The largest absolute Gasteiger partial charge is 0.332 e. The molecule has 3 aromatic carbocycles. The fraction of sp³-hybridized carbons (Fsp3) is 0.174. The third-order valence-corrected chi connectivity index (χ3v) is 6.72. The average Bonchev–Trinajstić information content (AvgIpc) is 2.75. The van der Waals surface area contributed by atoms with Crippen molar-refractivity contribution in [3.63, 3.8) is 0 Å². The number of halogens is 1. The topological polar surface area (TPSA) is 70.2 Å². The van der Waals surface area contributed by atoms with Crippen molar-refractivity contribution >= 4 is 56.0 Å². The molecular formula is C23H24ClN3O2S2. The third kappa shape index (κ3) is 6.43. The number of rotatable bonds is 7. The van der Waals surface area contributed by atoms with E-state index in [4.69, 9.17) is 23.8 Å². The van der Waals surface area contributed by atoms with Crippen LogP contribution in [0, 0.1) is 0 Å². The highest BCUT2D eigenvalue weighted by molar-refractivity contribution is 7.92. The van der Waals surface area contributed by atoms with Gasteiger partial charge >= 0.3 is 0 Å². The van der Waals surface area contributed by atoms with Gasteiger partial charge in [-0.2, -0.15) is 0 Å². The summed E-state index contributed by atoms with van der Waals surface area (Å²) in [5, 5.41) is 7.16. The Hall–Kier alpha value is -2.61. The van der Waals surface area contributed by atoms with Crippen LogP contribution in [0.1, 0.15) is 31.7 Å². The maximum atomic E-state index is 12.6. The minimum Gasteiger partial charge on any atom is -0.332 e. The van der Waals surface area contributed by atoms with Crippen LogP contribution in [0.25, 0.3) is 0 Å². The molecule has 0 aliphatic rings. The lowest BCUT2D eigenvalue weighted by molar-refractivity contribution is 0.601. The predicted octanol–water partition coefficient (Wildman–Crippen LogP) is 6.46. The molecule has 0 unspecified atom stereocenters. The second-order valence-electron chi connectivity index (χ2n) is 7.15. The van der Waals surface area contributed by atoms with E-state index in [1.807, 2.05) is 12.1 Å². The molecule has 0 aliphatic heterocycles. The first-order valence-electron chi connectivity index (χ1n) is 9.83. The van der Waals surface area contributed by atoms with Crippen LogP contribution >= 0.6 is 23.8 Å². The maximum Gasteiger partial charge on any atom is 0.261 e. The second kappa shape index (κ2) is 10.1. The SMILES string of the molecule is CC[C@@H](C)c1ccc(NC(=S)Nc2ccc(S(=O)(=O)Nc3ccc(Cl)cc3)cc2)cc1. The number of sulfonamides is 1. The van der Waals surface area contributed by atoms with Crippen molar-refractivity contribution in [3.8, 4) is 0 Å². The number of hydrogen-bond donors (Lipinski definition) is 3. The van der Waals surface area contributed by atoms with Gasteiger partial charge in [0, 0.05) is 22.1 Å². The van der Waals surface area contributed by atoms with Gasteiger partial charge in [-0.1, -0.05) is 37.6 Å². The molecule has 0 aliphatic carbocycles. The summed E-state index contributed by atoms with van der Waals surface area (Å²) in [4.78, 5) is 0.146. The molecular weight excluding hydrogens is 450 g/mol. The Morgan fingerprint density at radius 1 is 0.871 bits per heavy atom. The first-order valence-corrected chi connectivity index (χ1v) is 12.1. The molecule has 0 fully saturated rings. The molecule has 0 bridgehead atoms. The van der Waals surface area contributed by atoms with E-state index in [-0.39, 0.29) is 4.90 Å². The highest BCUT2D eigenvalue weighted by Crippen LogP contribution is 2.22. The Bertz CT molecular complexity index is 1130. The minimum atomic E-state index is -3.70. The number of thiocarbonyl (C=S) groups is 1. The van der Waals surface area contributed by atoms with Crippen molar-refractivity contribution in [1.29, 1.82) is 0 Å². The van der Waals surface area contributed by atoms with Crippen LogP contribution in [-0.2, 0) is 10.0 Å². The van der Waals surface area contributed by atoms with Crippen molar-refractivity contribution in [2.75, 3.05) is 15.4 Å². The van der Waals surface area contributed by atoms with Crippen LogP contribution in [0.5, 0.6) is 0 Å². The molecule has 1 atom stereocenters. The van der Waals surface area contributed by atoms with Gasteiger partial charge < -0.3 is 10.6 Å². The molecule has 0 spiro atoms. The van der Waals surface area contributed by atoms with Crippen molar-refractivity contribution in [2.24, 2.45) is 0 Å². The highest BCUT2D eigenvalue weighted by Gasteiger charge is 2.14. The fourth-order valence-corrected chi connectivity index (χ4v) is 4.29. The Labute approximate surface area is 193 Å². The van der Waals surface area contributed by atoms with E-state index >= 15 is 0 Å². The maximum absolute atomic E-state index is 12.6. The van der Waals surface area contributed by atoms with Gasteiger partial charge in [0.25, 0.3) is 10.0 Å². The zero-order valence-electron chi connectivity index (χ0n) is 17.2. The van der Waals surface area contributed by atoms with Crippen molar-refractivity contribution in [2.45, 2.75) is 31.1 Å². The summed E-state index contributed by atoms with van der Waals surface area (Å²) in [6.07, 6.45) is 1.09. The van der Waals surface area contributed by atoms with Gasteiger partial charge in [-0.25, -0.2) is 8.42 Å². The fourth-order valence-electron chi connectivity index (χ4n) is 2.87. The zero-order valence-corrected chi connectivity index (χ0v) is 19.6. The Balaban J connectivity index is 1.60. The summed E-state index contributed by atoms with van der Waals surface area (Å²) < 4.78 is 27.6.